The van der Waals surface area contributed by atoms with Gasteiger partial charge < -0.3 is 5.11 Å². The number of hydrogen-bond donors (Lipinski definition) is 1. The number of rotatable bonds is 7. The highest BCUT2D eigenvalue weighted by Crippen LogP contribution is 2.31. The first-order valence-electron chi connectivity index (χ1n) is 6.28. The number of sulfonamides is 1. The summed E-state index contributed by atoms with van der Waals surface area (Å²) in [5.74, 6) is -0.416. The lowest BCUT2D eigenvalue weighted by molar-refractivity contribution is -0.385. The number of nitrogens with zero attached hydrogens (tertiary/aromatic N) is 2. The van der Waals surface area contributed by atoms with Crippen LogP contribution in [0.4, 0.5) is 5.69 Å². The van der Waals surface area contributed by atoms with E-state index in [9.17, 15) is 18.5 Å². The molecule has 7 nitrogen and oxygen atoms in total. The van der Waals surface area contributed by atoms with Crippen molar-refractivity contribution >= 4 is 15.7 Å². The lowest BCUT2D eigenvalue weighted by atomic mass is 10.2. The van der Waals surface area contributed by atoms with Crippen molar-refractivity contribution in [2.24, 2.45) is 0 Å². The van der Waals surface area contributed by atoms with Crippen LogP contribution in [0.3, 0.4) is 0 Å². The van der Waals surface area contributed by atoms with Gasteiger partial charge >= 0.3 is 0 Å². The van der Waals surface area contributed by atoms with Gasteiger partial charge in [0.25, 0.3) is 5.69 Å². The summed E-state index contributed by atoms with van der Waals surface area (Å²) in [5, 5.41) is 19.9. The number of para-hydroxylation sites is 1. The highest BCUT2D eigenvalue weighted by Gasteiger charge is 2.37. The maximum atomic E-state index is 12.3. The summed E-state index contributed by atoms with van der Waals surface area (Å²) < 4.78 is 25.9. The summed E-state index contributed by atoms with van der Waals surface area (Å²) in [6, 6.07) is 5.74. The van der Waals surface area contributed by atoms with Crippen molar-refractivity contribution in [3.8, 4) is 0 Å². The largest absolute Gasteiger partial charge is 0.395 e. The van der Waals surface area contributed by atoms with Crippen LogP contribution in [0.25, 0.3) is 0 Å². The standard InChI is InChI=1S/C12H16N2O5S/c15-8-7-13(11-5-6-11)20(18,19)9-10-3-1-2-4-12(10)14(16)17/h1-4,11,15H,5-9H2. The third-order valence-electron chi connectivity index (χ3n) is 3.16. The van der Waals surface area contributed by atoms with Gasteiger partial charge in [0.1, 0.15) is 0 Å². The van der Waals surface area contributed by atoms with Crippen LogP contribution in [0.1, 0.15) is 18.4 Å². The Hall–Kier alpha value is -1.51. The smallest absolute Gasteiger partial charge is 0.273 e. The van der Waals surface area contributed by atoms with E-state index in [-0.39, 0.29) is 30.4 Å². The van der Waals surface area contributed by atoms with E-state index in [0.29, 0.717) is 0 Å². The number of aliphatic hydroxyl groups is 1. The lowest BCUT2D eigenvalue weighted by Crippen LogP contribution is -2.36. The van der Waals surface area contributed by atoms with Crippen molar-refractivity contribution in [2.75, 3.05) is 13.2 Å². The average Bonchev–Trinajstić information content (AvgIpc) is 3.19. The number of hydrogen-bond acceptors (Lipinski definition) is 5. The first-order valence-corrected chi connectivity index (χ1v) is 7.89. The predicted molar refractivity (Wildman–Crippen MR) is 72.5 cm³/mol. The molecule has 0 heterocycles. The molecule has 0 atom stereocenters. The van der Waals surface area contributed by atoms with Crippen molar-refractivity contribution in [3.63, 3.8) is 0 Å². The van der Waals surface area contributed by atoms with Crippen LogP contribution in [-0.4, -0.2) is 41.9 Å². The fourth-order valence-electron chi connectivity index (χ4n) is 2.10. The van der Waals surface area contributed by atoms with Crippen LogP contribution in [-0.2, 0) is 15.8 Å². The van der Waals surface area contributed by atoms with E-state index in [1.807, 2.05) is 0 Å². The van der Waals surface area contributed by atoms with Gasteiger partial charge in [0.15, 0.2) is 0 Å². The van der Waals surface area contributed by atoms with Gasteiger partial charge in [-0.2, -0.15) is 4.31 Å². The summed E-state index contributed by atoms with van der Waals surface area (Å²) in [6.07, 6.45) is 1.55. The molecular formula is C12H16N2O5S. The molecule has 0 radical (unpaired) electrons. The monoisotopic (exact) mass is 300 g/mol. The highest BCUT2D eigenvalue weighted by atomic mass is 32.2. The molecule has 2 rings (SSSR count). The molecule has 1 aromatic carbocycles. The zero-order valence-electron chi connectivity index (χ0n) is 10.8. The van der Waals surface area contributed by atoms with Gasteiger partial charge in [-0.05, 0) is 12.8 Å². The molecule has 0 unspecified atom stereocenters. The Morgan fingerprint density at radius 2 is 2.00 bits per heavy atom. The van der Waals surface area contributed by atoms with Gasteiger partial charge in [-0.1, -0.05) is 18.2 Å². The van der Waals surface area contributed by atoms with Crippen molar-refractivity contribution in [2.45, 2.75) is 24.6 Å². The molecule has 1 aliphatic carbocycles. The number of benzene rings is 1. The summed E-state index contributed by atoms with van der Waals surface area (Å²) in [4.78, 5) is 10.3. The van der Waals surface area contributed by atoms with Crippen LogP contribution in [0, 0.1) is 10.1 Å². The Bertz CT molecular complexity index is 598. The topological polar surface area (TPSA) is 101 Å². The highest BCUT2D eigenvalue weighted by molar-refractivity contribution is 7.88. The Kier molecular flexibility index (Phi) is 4.36. The second kappa shape index (κ2) is 5.86. The SMILES string of the molecule is O=[N+]([O-])c1ccccc1CS(=O)(=O)N(CCO)C1CC1. The molecule has 110 valence electrons. The first-order chi connectivity index (χ1) is 9.45. The van der Waals surface area contributed by atoms with Crippen molar-refractivity contribution in [3.05, 3.63) is 39.9 Å². The third kappa shape index (κ3) is 3.33. The van der Waals surface area contributed by atoms with Crippen LogP contribution < -0.4 is 0 Å². The van der Waals surface area contributed by atoms with Gasteiger partial charge in [0.05, 0.1) is 17.3 Å². The molecule has 1 fully saturated rings. The van der Waals surface area contributed by atoms with Crippen LogP contribution in [0.15, 0.2) is 24.3 Å². The molecule has 1 aromatic rings. The quantitative estimate of drug-likeness (QED) is 0.595. The van der Waals surface area contributed by atoms with Crippen LogP contribution in [0.5, 0.6) is 0 Å². The van der Waals surface area contributed by atoms with Gasteiger partial charge in [0, 0.05) is 24.2 Å². The van der Waals surface area contributed by atoms with E-state index in [0.717, 1.165) is 12.8 Å². The van der Waals surface area contributed by atoms with Crippen LogP contribution in [0.2, 0.25) is 0 Å². The molecule has 0 spiro atoms. The van der Waals surface area contributed by atoms with E-state index in [1.54, 1.807) is 6.07 Å². The van der Waals surface area contributed by atoms with Crippen molar-refractivity contribution in [1.82, 2.24) is 4.31 Å². The molecule has 1 saturated carbocycles. The Morgan fingerprint density at radius 1 is 1.35 bits per heavy atom. The molecule has 1 aliphatic rings. The number of nitro groups is 1. The van der Waals surface area contributed by atoms with E-state index < -0.39 is 20.7 Å². The van der Waals surface area contributed by atoms with Crippen molar-refractivity contribution < 1.29 is 18.4 Å². The van der Waals surface area contributed by atoms with Crippen molar-refractivity contribution in [1.29, 1.82) is 0 Å². The normalized spacial score (nSPS) is 15.5. The van der Waals surface area contributed by atoms with E-state index >= 15 is 0 Å². The number of nitro benzene ring substituents is 1. The molecule has 0 saturated heterocycles. The van der Waals surface area contributed by atoms with E-state index in [4.69, 9.17) is 5.11 Å². The molecule has 8 heteroatoms. The van der Waals surface area contributed by atoms with Gasteiger partial charge in [-0.3, -0.25) is 10.1 Å². The van der Waals surface area contributed by atoms with E-state index in [1.165, 1.54) is 22.5 Å². The average molecular weight is 300 g/mol. The van der Waals surface area contributed by atoms with Crippen LogP contribution >= 0.6 is 0 Å². The summed E-state index contributed by atoms with van der Waals surface area (Å²) in [6.45, 7) is -0.222. The Balaban J connectivity index is 2.25. The molecule has 0 amide bonds. The van der Waals surface area contributed by atoms with Gasteiger partial charge in [0.2, 0.25) is 10.0 Å². The zero-order chi connectivity index (χ0) is 14.8. The fraction of sp³-hybridized carbons (Fsp3) is 0.500. The minimum Gasteiger partial charge on any atom is -0.395 e. The maximum Gasteiger partial charge on any atom is 0.273 e. The summed E-state index contributed by atoms with van der Waals surface area (Å²) in [5.41, 5.74) is -0.0306. The second-order valence-corrected chi connectivity index (χ2v) is 6.63. The van der Waals surface area contributed by atoms with Gasteiger partial charge in [-0.15, -0.1) is 0 Å². The Labute approximate surface area is 117 Å². The summed E-state index contributed by atoms with van der Waals surface area (Å²) >= 11 is 0. The number of aliphatic hydroxyl groups excluding tert-OH is 1. The molecule has 1 N–H and O–H groups in total. The zero-order valence-corrected chi connectivity index (χ0v) is 11.6. The first kappa shape index (κ1) is 14.9. The molecular weight excluding hydrogens is 284 g/mol. The third-order valence-corrected chi connectivity index (χ3v) is 5.03. The van der Waals surface area contributed by atoms with Gasteiger partial charge in [-0.25, -0.2) is 8.42 Å². The molecule has 20 heavy (non-hydrogen) atoms. The fourth-order valence-corrected chi connectivity index (χ4v) is 3.93. The predicted octanol–water partition coefficient (Wildman–Crippen LogP) is 0.881. The molecule has 0 aliphatic heterocycles. The summed E-state index contributed by atoms with van der Waals surface area (Å²) in [7, 11) is -3.66. The maximum absolute atomic E-state index is 12.3. The lowest BCUT2D eigenvalue weighted by Gasteiger charge is -2.20. The minimum atomic E-state index is -3.66. The van der Waals surface area contributed by atoms with E-state index in [2.05, 4.69) is 0 Å². The molecule has 0 bridgehead atoms. The second-order valence-electron chi connectivity index (χ2n) is 4.71. The Morgan fingerprint density at radius 3 is 2.55 bits per heavy atom. The molecule has 0 aromatic heterocycles. The minimum absolute atomic E-state index is 0.0353.